The van der Waals surface area contributed by atoms with E-state index < -0.39 is 18.3 Å². The molecule has 3 atom stereocenters. The van der Waals surface area contributed by atoms with Crippen molar-refractivity contribution in [2.75, 3.05) is 0 Å². The molecule has 6 heterocycles. The lowest BCUT2D eigenvalue weighted by molar-refractivity contribution is 0.0451. The lowest BCUT2D eigenvalue weighted by Gasteiger charge is -2.10. The Kier molecular flexibility index (Phi) is 6.96. The first-order valence-electron chi connectivity index (χ1n) is 16.3. The number of rotatable bonds is 6. The normalized spacial score (nSPS) is 18.6. The highest BCUT2D eigenvalue weighted by atomic mass is 32.1. The molecule has 0 aliphatic carbocycles. The van der Waals surface area contributed by atoms with E-state index in [-0.39, 0.29) is 17.9 Å². The molecule has 3 aromatic heterocycles. The summed E-state index contributed by atoms with van der Waals surface area (Å²) in [7, 11) is 0. The van der Waals surface area contributed by atoms with Crippen molar-refractivity contribution in [3.05, 3.63) is 175 Å². The Morgan fingerprint density at radius 1 is 0.373 bits per heavy atom. The lowest BCUT2D eigenvalue weighted by atomic mass is 10.0. The minimum Gasteiger partial charge on any atom is -0.448 e. The van der Waals surface area contributed by atoms with Gasteiger partial charge in [0.15, 0.2) is 18.3 Å². The molecular weight excluding hydrogens is 697 g/mol. The quantitative estimate of drug-likeness (QED) is 0.126. The van der Waals surface area contributed by atoms with E-state index in [1.165, 1.54) is 0 Å². The molecule has 7 aromatic rings. The van der Waals surface area contributed by atoms with E-state index >= 15 is 0 Å². The second-order valence-electron chi connectivity index (χ2n) is 12.5. The van der Waals surface area contributed by atoms with Crippen LogP contribution >= 0.6 is 34.0 Å². The maximum atomic E-state index is 12.6. The lowest BCUT2D eigenvalue weighted by Crippen LogP contribution is -1.98. The van der Waals surface area contributed by atoms with Crippen LogP contribution in [0.4, 0.5) is 0 Å². The Morgan fingerprint density at radius 3 is 0.980 bits per heavy atom. The number of cyclic esters (lactones) is 3. The van der Waals surface area contributed by atoms with Crippen LogP contribution in [0.5, 0.6) is 0 Å². The van der Waals surface area contributed by atoms with Crippen LogP contribution in [-0.4, -0.2) is 17.9 Å². The molecular formula is C42H24O6S3. The predicted octanol–water partition coefficient (Wildman–Crippen LogP) is 10.7. The van der Waals surface area contributed by atoms with Crippen molar-refractivity contribution in [1.82, 2.24) is 0 Å². The number of benzene rings is 4. The molecule has 4 aromatic carbocycles. The van der Waals surface area contributed by atoms with E-state index in [9.17, 15) is 14.4 Å². The maximum absolute atomic E-state index is 12.6. The number of hydrogen-bond acceptors (Lipinski definition) is 9. The van der Waals surface area contributed by atoms with Gasteiger partial charge in [0.25, 0.3) is 0 Å². The van der Waals surface area contributed by atoms with Crippen molar-refractivity contribution in [2.24, 2.45) is 0 Å². The Balaban J connectivity index is 1.05. The highest BCUT2D eigenvalue weighted by molar-refractivity contribution is 7.16. The van der Waals surface area contributed by atoms with Crippen LogP contribution in [-0.2, 0) is 14.2 Å². The van der Waals surface area contributed by atoms with Crippen LogP contribution < -0.4 is 0 Å². The summed E-state index contributed by atoms with van der Waals surface area (Å²) in [6, 6.07) is 41.5. The fourth-order valence-corrected chi connectivity index (χ4v) is 10.2. The summed E-state index contributed by atoms with van der Waals surface area (Å²) in [4.78, 5) is 43.9. The Labute approximate surface area is 304 Å². The van der Waals surface area contributed by atoms with E-state index in [0.29, 0.717) is 16.7 Å². The molecule has 0 spiro atoms. The first-order valence-corrected chi connectivity index (χ1v) is 18.8. The number of thiophene rings is 3. The third-order valence-electron chi connectivity index (χ3n) is 9.51. The highest BCUT2D eigenvalue weighted by Crippen LogP contribution is 2.47. The molecule has 6 nitrogen and oxygen atoms in total. The van der Waals surface area contributed by atoms with Crippen LogP contribution in [0.2, 0.25) is 0 Å². The topological polar surface area (TPSA) is 78.9 Å². The van der Waals surface area contributed by atoms with Gasteiger partial charge in [-0.25, -0.2) is 14.4 Å². The summed E-state index contributed by atoms with van der Waals surface area (Å²) in [5.41, 5.74) is 7.53. The van der Waals surface area contributed by atoms with Gasteiger partial charge in [0, 0.05) is 31.3 Å². The minimum atomic E-state index is -0.441. The van der Waals surface area contributed by atoms with E-state index in [1.54, 1.807) is 34.0 Å². The molecule has 3 unspecified atom stereocenters. The standard InChI is InChI=1S/C42H24O6S3/c43-40-28-10-4-1-7-25(28)37(46-40)34-16-13-31(49-34)22-19-23(32-14-17-35(50-32)38-26-8-2-5-11-29(26)41(44)47-38)21-24(20-22)33-15-18-36(51-33)39-27-9-3-6-12-30(27)42(45)48-39/h1-21,37-39H. The number of carbonyl (C=O) groups is 3. The summed E-state index contributed by atoms with van der Waals surface area (Å²) in [5, 5.41) is 0. The first kappa shape index (κ1) is 30.2. The smallest absolute Gasteiger partial charge is 0.339 e. The van der Waals surface area contributed by atoms with Gasteiger partial charge in [0.05, 0.1) is 31.3 Å². The summed E-state index contributed by atoms with van der Waals surface area (Å²) in [5.74, 6) is -0.908. The zero-order chi connectivity index (χ0) is 34.2. The van der Waals surface area contributed by atoms with E-state index in [4.69, 9.17) is 14.2 Å². The zero-order valence-electron chi connectivity index (χ0n) is 26.5. The summed E-state index contributed by atoms with van der Waals surface area (Å²) >= 11 is 4.82. The first-order chi connectivity index (χ1) is 25.0. The molecule has 0 saturated carbocycles. The van der Waals surface area contributed by atoms with Gasteiger partial charge in [-0.3, -0.25) is 0 Å². The van der Waals surface area contributed by atoms with Gasteiger partial charge in [-0.2, -0.15) is 0 Å². The van der Waals surface area contributed by atoms with E-state index in [0.717, 1.165) is 62.6 Å². The molecule has 0 N–H and O–H groups in total. The van der Waals surface area contributed by atoms with Gasteiger partial charge >= 0.3 is 17.9 Å². The van der Waals surface area contributed by atoms with Crippen molar-refractivity contribution >= 4 is 51.9 Å². The van der Waals surface area contributed by atoms with Gasteiger partial charge in [0.2, 0.25) is 0 Å². The zero-order valence-corrected chi connectivity index (χ0v) is 29.0. The molecule has 51 heavy (non-hydrogen) atoms. The Morgan fingerprint density at radius 2 is 0.667 bits per heavy atom. The molecule has 0 saturated heterocycles. The van der Waals surface area contributed by atoms with Gasteiger partial charge in [-0.05, 0) is 89.5 Å². The number of fused-ring (bicyclic) bond motifs is 3. The molecule has 0 bridgehead atoms. The minimum absolute atomic E-state index is 0.303. The molecule has 3 aliphatic rings. The Hall–Kier alpha value is -5.61. The van der Waals surface area contributed by atoms with Crippen molar-refractivity contribution in [3.63, 3.8) is 0 Å². The second kappa shape index (κ2) is 11.7. The van der Waals surface area contributed by atoms with Crippen LogP contribution in [0.25, 0.3) is 31.3 Å². The van der Waals surface area contributed by atoms with Crippen LogP contribution in [0, 0.1) is 0 Å². The van der Waals surface area contributed by atoms with Crippen LogP contribution in [0.1, 0.15) is 80.7 Å². The van der Waals surface area contributed by atoms with Gasteiger partial charge < -0.3 is 14.2 Å². The van der Waals surface area contributed by atoms with Crippen LogP contribution in [0.3, 0.4) is 0 Å². The van der Waals surface area contributed by atoms with Gasteiger partial charge in [0.1, 0.15) is 0 Å². The fourth-order valence-electron chi connectivity index (χ4n) is 7.07. The SMILES string of the molecule is O=C1OC(c2ccc(-c3cc(-c4ccc(C5OC(=O)c6ccccc65)s4)cc(-c4ccc(C5OC(=O)c6ccccc65)s4)c3)s2)c2ccccc21. The van der Waals surface area contributed by atoms with E-state index in [1.807, 2.05) is 91.0 Å². The molecule has 0 fully saturated rings. The second-order valence-corrected chi connectivity index (χ2v) is 15.9. The third kappa shape index (κ3) is 4.99. The Bertz CT molecular complexity index is 2280. The maximum Gasteiger partial charge on any atom is 0.339 e. The predicted molar refractivity (Wildman–Crippen MR) is 197 cm³/mol. The number of hydrogen-bond donors (Lipinski definition) is 0. The van der Waals surface area contributed by atoms with E-state index in [2.05, 4.69) is 36.4 Å². The van der Waals surface area contributed by atoms with Crippen molar-refractivity contribution in [2.45, 2.75) is 18.3 Å². The van der Waals surface area contributed by atoms with Gasteiger partial charge in [-0.15, -0.1) is 34.0 Å². The average Bonchev–Trinajstić information content (AvgIpc) is 4.02. The molecule has 9 heteroatoms. The highest BCUT2D eigenvalue weighted by Gasteiger charge is 2.35. The summed E-state index contributed by atoms with van der Waals surface area (Å²) in [6.45, 7) is 0. The molecule has 10 rings (SSSR count). The van der Waals surface area contributed by atoms with Gasteiger partial charge in [-0.1, -0.05) is 54.6 Å². The number of ether oxygens (including phenoxy) is 3. The monoisotopic (exact) mass is 720 g/mol. The summed E-state index contributed by atoms with van der Waals surface area (Å²) in [6.07, 6.45) is -1.32. The van der Waals surface area contributed by atoms with Crippen molar-refractivity contribution < 1.29 is 28.6 Å². The molecule has 246 valence electrons. The number of carbonyl (C=O) groups excluding carboxylic acids is 3. The molecule has 0 amide bonds. The molecule has 0 radical (unpaired) electrons. The fraction of sp³-hybridized carbons (Fsp3) is 0.0714. The third-order valence-corrected chi connectivity index (χ3v) is 13.0. The average molecular weight is 721 g/mol. The van der Waals surface area contributed by atoms with Crippen molar-refractivity contribution in [1.29, 1.82) is 0 Å². The number of esters is 3. The summed E-state index contributed by atoms with van der Waals surface area (Å²) < 4.78 is 17.5. The van der Waals surface area contributed by atoms with Crippen LogP contribution in [0.15, 0.2) is 127 Å². The van der Waals surface area contributed by atoms with Crippen molar-refractivity contribution in [3.8, 4) is 31.3 Å². The molecule has 3 aliphatic heterocycles. The largest absolute Gasteiger partial charge is 0.448 e.